The van der Waals surface area contributed by atoms with Crippen LogP contribution in [-0.2, 0) is 6.42 Å². The molecule has 1 aliphatic heterocycles. The minimum atomic E-state index is 0.452. The molecule has 0 aliphatic carbocycles. The first kappa shape index (κ1) is 10.7. The van der Waals surface area contributed by atoms with Crippen LogP contribution in [0.3, 0.4) is 0 Å². The maximum Gasteiger partial charge on any atom is 0.186 e. The molecular formula is C11H11BrN2S2. The molecular weight excluding hydrogens is 304 g/mol. The van der Waals surface area contributed by atoms with Gasteiger partial charge in [-0.05, 0) is 46.3 Å². The van der Waals surface area contributed by atoms with E-state index in [1.807, 2.05) is 16.7 Å². The van der Waals surface area contributed by atoms with Crippen molar-refractivity contribution in [3.8, 4) is 0 Å². The Hall–Kier alpha value is -0.390. The van der Waals surface area contributed by atoms with Crippen LogP contribution in [0.25, 0.3) is 0 Å². The predicted molar refractivity (Wildman–Crippen MR) is 73.6 cm³/mol. The number of thiophene rings is 1. The normalized spacial score (nSPS) is 19.9. The maximum absolute atomic E-state index is 4.51. The highest BCUT2D eigenvalue weighted by Gasteiger charge is 2.26. The number of hydrogen-bond donors (Lipinski definition) is 0. The van der Waals surface area contributed by atoms with Crippen LogP contribution in [0.1, 0.15) is 23.4 Å². The van der Waals surface area contributed by atoms with Gasteiger partial charge in [-0.15, -0.1) is 22.7 Å². The number of thiazole rings is 1. The Labute approximate surface area is 111 Å². The zero-order chi connectivity index (χ0) is 11.1. The SMILES string of the molecule is CC1c2ccsc2CCN1c1nc(Br)cs1. The van der Waals surface area contributed by atoms with Gasteiger partial charge in [0.05, 0.1) is 6.04 Å². The summed E-state index contributed by atoms with van der Waals surface area (Å²) in [7, 11) is 0. The Morgan fingerprint density at radius 2 is 2.38 bits per heavy atom. The molecule has 0 radical (unpaired) electrons. The molecule has 2 aromatic rings. The lowest BCUT2D eigenvalue weighted by Crippen LogP contribution is -2.32. The fourth-order valence-electron chi connectivity index (χ4n) is 2.15. The Balaban J connectivity index is 1.95. The van der Waals surface area contributed by atoms with Crippen molar-refractivity contribution >= 4 is 43.7 Å². The Kier molecular flexibility index (Phi) is 2.77. The lowest BCUT2D eigenvalue weighted by Gasteiger charge is -2.33. The lowest BCUT2D eigenvalue weighted by atomic mass is 10.0. The van der Waals surface area contributed by atoms with Crippen molar-refractivity contribution in [1.82, 2.24) is 4.98 Å². The van der Waals surface area contributed by atoms with E-state index in [1.54, 1.807) is 16.2 Å². The zero-order valence-corrected chi connectivity index (χ0v) is 12.0. The summed E-state index contributed by atoms with van der Waals surface area (Å²) < 4.78 is 0.941. The molecule has 2 nitrogen and oxygen atoms in total. The Bertz CT molecular complexity index is 506. The van der Waals surface area contributed by atoms with Gasteiger partial charge in [0.25, 0.3) is 0 Å². The van der Waals surface area contributed by atoms with E-state index in [1.165, 1.54) is 5.56 Å². The summed E-state index contributed by atoms with van der Waals surface area (Å²) in [4.78, 5) is 8.44. The van der Waals surface area contributed by atoms with E-state index in [-0.39, 0.29) is 0 Å². The number of hydrogen-bond acceptors (Lipinski definition) is 4. The first-order valence-corrected chi connectivity index (χ1v) is 7.75. The van der Waals surface area contributed by atoms with Crippen LogP contribution >= 0.6 is 38.6 Å². The summed E-state index contributed by atoms with van der Waals surface area (Å²) >= 11 is 7.00. The topological polar surface area (TPSA) is 16.1 Å². The number of halogens is 1. The predicted octanol–water partition coefficient (Wildman–Crippen LogP) is 4.09. The van der Waals surface area contributed by atoms with Crippen LogP contribution in [0.2, 0.25) is 0 Å². The zero-order valence-electron chi connectivity index (χ0n) is 8.81. The summed E-state index contributed by atoms with van der Waals surface area (Å²) in [6.45, 7) is 3.34. The van der Waals surface area contributed by atoms with Crippen molar-refractivity contribution in [2.45, 2.75) is 19.4 Å². The highest BCUT2D eigenvalue weighted by molar-refractivity contribution is 9.10. The van der Waals surface area contributed by atoms with E-state index in [4.69, 9.17) is 0 Å². The summed E-state index contributed by atoms with van der Waals surface area (Å²) in [6.07, 6.45) is 1.15. The molecule has 1 atom stereocenters. The molecule has 16 heavy (non-hydrogen) atoms. The molecule has 0 bridgehead atoms. The van der Waals surface area contributed by atoms with Crippen molar-refractivity contribution in [3.63, 3.8) is 0 Å². The van der Waals surface area contributed by atoms with Gasteiger partial charge in [-0.25, -0.2) is 4.98 Å². The third-order valence-corrected chi connectivity index (χ3v) is 5.57. The lowest BCUT2D eigenvalue weighted by molar-refractivity contribution is 0.630. The minimum Gasteiger partial charge on any atom is -0.341 e. The number of anilines is 1. The molecule has 1 unspecified atom stereocenters. The standard InChI is InChI=1S/C11H11BrN2S2/c1-7-8-3-5-15-9(8)2-4-14(7)11-13-10(12)6-16-11/h3,5-7H,2,4H2,1H3. The molecule has 84 valence electrons. The second kappa shape index (κ2) is 4.13. The summed E-state index contributed by atoms with van der Waals surface area (Å²) in [6, 6.07) is 2.70. The van der Waals surface area contributed by atoms with Gasteiger partial charge < -0.3 is 4.90 Å². The molecule has 0 saturated heterocycles. The highest BCUT2D eigenvalue weighted by atomic mass is 79.9. The third-order valence-electron chi connectivity index (χ3n) is 2.99. The summed E-state index contributed by atoms with van der Waals surface area (Å²) in [5.41, 5.74) is 1.47. The third kappa shape index (κ3) is 1.71. The van der Waals surface area contributed by atoms with Crippen LogP contribution in [0, 0.1) is 0 Å². The van der Waals surface area contributed by atoms with E-state index in [0.29, 0.717) is 6.04 Å². The van der Waals surface area contributed by atoms with Gasteiger partial charge in [-0.3, -0.25) is 0 Å². The van der Waals surface area contributed by atoms with Crippen LogP contribution in [0.4, 0.5) is 5.13 Å². The Morgan fingerprint density at radius 1 is 1.50 bits per heavy atom. The monoisotopic (exact) mass is 314 g/mol. The molecule has 2 aromatic heterocycles. The average molecular weight is 315 g/mol. The Morgan fingerprint density at radius 3 is 3.12 bits per heavy atom. The highest BCUT2D eigenvalue weighted by Crippen LogP contribution is 2.37. The molecule has 0 saturated carbocycles. The van der Waals surface area contributed by atoms with E-state index >= 15 is 0 Å². The molecule has 1 aliphatic rings. The smallest absolute Gasteiger partial charge is 0.186 e. The van der Waals surface area contributed by atoms with Gasteiger partial charge in [0.1, 0.15) is 4.60 Å². The van der Waals surface area contributed by atoms with Crippen molar-refractivity contribution in [3.05, 3.63) is 31.9 Å². The summed E-state index contributed by atoms with van der Waals surface area (Å²) in [5, 5.41) is 5.37. The second-order valence-corrected chi connectivity index (χ2v) is 6.52. The fraction of sp³-hybridized carbons (Fsp3) is 0.364. The van der Waals surface area contributed by atoms with Crippen LogP contribution in [-0.4, -0.2) is 11.5 Å². The van der Waals surface area contributed by atoms with E-state index in [2.05, 4.69) is 44.2 Å². The number of aromatic nitrogens is 1. The minimum absolute atomic E-state index is 0.452. The molecule has 0 aromatic carbocycles. The molecule has 0 amide bonds. The van der Waals surface area contributed by atoms with Crippen molar-refractivity contribution in [2.75, 3.05) is 11.4 Å². The molecule has 3 rings (SSSR count). The van der Waals surface area contributed by atoms with E-state index in [9.17, 15) is 0 Å². The number of fused-ring (bicyclic) bond motifs is 1. The average Bonchev–Trinajstić information content (AvgIpc) is 2.87. The molecule has 0 spiro atoms. The fourth-order valence-corrected chi connectivity index (χ4v) is 4.47. The van der Waals surface area contributed by atoms with Gasteiger partial charge in [-0.1, -0.05) is 0 Å². The maximum atomic E-state index is 4.51. The van der Waals surface area contributed by atoms with Gasteiger partial charge in [0, 0.05) is 16.8 Å². The number of nitrogens with zero attached hydrogens (tertiary/aromatic N) is 2. The molecule has 0 fully saturated rings. The van der Waals surface area contributed by atoms with E-state index < -0.39 is 0 Å². The van der Waals surface area contributed by atoms with Gasteiger partial charge >= 0.3 is 0 Å². The molecule has 3 heterocycles. The van der Waals surface area contributed by atoms with Crippen LogP contribution < -0.4 is 4.90 Å². The quantitative estimate of drug-likeness (QED) is 0.788. The van der Waals surface area contributed by atoms with Gasteiger partial charge in [0.15, 0.2) is 5.13 Å². The van der Waals surface area contributed by atoms with Crippen molar-refractivity contribution in [1.29, 1.82) is 0 Å². The molecule has 5 heteroatoms. The van der Waals surface area contributed by atoms with Crippen molar-refractivity contribution < 1.29 is 0 Å². The first-order chi connectivity index (χ1) is 7.75. The van der Waals surface area contributed by atoms with Gasteiger partial charge in [0.2, 0.25) is 0 Å². The van der Waals surface area contributed by atoms with E-state index in [0.717, 1.165) is 22.7 Å². The van der Waals surface area contributed by atoms with Gasteiger partial charge in [-0.2, -0.15) is 0 Å². The van der Waals surface area contributed by atoms with Crippen LogP contribution in [0.5, 0.6) is 0 Å². The molecule has 0 N–H and O–H groups in total. The largest absolute Gasteiger partial charge is 0.341 e. The second-order valence-electron chi connectivity index (χ2n) is 3.87. The van der Waals surface area contributed by atoms with Crippen LogP contribution in [0.15, 0.2) is 21.4 Å². The first-order valence-electron chi connectivity index (χ1n) is 5.19. The van der Waals surface area contributed by atoms with Crippen molar-refractivity contribution in [2.24, 2.45) is 0 Å². The summed E-state index contributed by atoms with van der Waals surface area (Å²) in [5.74, 6) is 0. The number of rotatable bonds is 1.